The molecule has 0 fully saturated rings. The lowest BCUT2D eigenvalue weighted by molar-refractivity contribution is 0.468. The summed E-state index contributed by atoms with van der Waals surface area (Å²) in [6.45, 7) is 18.7. The van der Waals surface area contributed by atoms with Crippen LogP contribution < -0.4 is 4.90 Å². The van der Waals surface area contributed by atoms with Gasteiger partial charge < -0.3 is 4.90 Å². The highest BCUT2D eigenvalue weighted by atomic mass is 15.1. The number of allylic oxidation sites excluding steroid dienone is 6. The van der Waals surface area contributed by atoms with Crippen molar-refractivity contribution in [1.82, 2.24) is 0 Å². The zero-order valence-electron chi connectivity index (χ0n) is 19.8. The minimum Gasteiger partial charge on any atom is -0.341 e. The van der Waals surface area contributed by atoms with Gasteiger partial charge in [0.1, 0.15) is 0 Å². The topological polar surface area (TPSA) is 3.24 Å². The van der Waals surface area contributed by atoms with Gasteiger partial charge in [0, 0.05) is 28.8 Å². The number of hydrogen-bond acceptors (Lipinski definition) is 1. The highest BCUT2D eigenvalue weighted by molar-refractivity contribution is 5.83. The van der Waals surface area contributed by atoms with Gasteiger partial charge in [0.2, 0.25) is 0 Å². The largest absolute Gasteiger partial charge is 0.341 e. The molecule has 1 unspecified atom stereocenters. The van der Waals surface area contributed by atoms with Crippen LogP contribution in [-0.2, 0) is 5.41 Å². The van der Waals surface area contributed by atoms with E-state index in [1.807, 2.05) is 12.2 Å². The molecule has 0 N–H and O–H groups in total. The van der Waals surface area contributed by atoms with Crippen molar-refractivity contribution in [2.45, 2.75) is 39.5 Å². The summed E-state index contributed by atoms with van der Waals surface area (Å²) in [5.74, 6) is 0.479. The van der Waals surface area contributed by atoms with Crippen molar-refractivity contribution in [2.75, 3.05) is 11.4 Å². The first-order chi connectivity index (χ1) is 15.3. The summed E-state index contributed by atoms with van der Waals surface area (Å²) in [6.07, 6.45) is 12.0. The van der Waals surface area contributed by atoms with Gasteiger partial charge in [-0.1, -0.05) is 101 Å². The molecule has 2 aromatic rings. The van der Waals surface area contributed by atoms with E-state index in [1.54, 1.807) is 0 Å². The Hall–Kier alpha value is -3.06. The number of fused-ring (bicyclic) bond motifs is 5. The second-order valence-electron chi connectivity index (χ2n) is 10.4. The van der Waals surface area contributed by atoms with E-state index in [-0.39, 0.29) is 10.8 Å². The Morgan fingerprint density at radius 2 is 1.66 bits per heavy atom. The van der Waals surface area contributed by atoms with Gasteiger partial charge in [0.25, 0.3) is 0 Å². The van der Waals surface area contributed by atoms with Gasteiger partial charge >= 0.3 is 0 Å². The number of benzene rings is 2. The van der Waals surface area contributed by atoms with Crippen LogP contribution in [0.4, 0.5) is 5.69 Å². The van der Waals surface area contributed by atoms with Crippen LogP contribution in [0.2, 0.25) is 0 Å². The van der Waals surface area contributed by atoms with Crippen molar-refractivity contribution in [1.29, 1.82) is 0 Å². The van der Waals surface area contributed by atoms with E-state index in [0.29, 0.717) is 5.92 Å². The van der Waals surface area contributed by atoms with Crippen molar-refractivity contribution < 1.29 is 0 Å². The zero-order valence-corrected chi connectivity index (χ0v) is 19.8. The van der Waals surface area contributed by atoms with Crippen molar-refractivity contribution in [3.05, 3.63) is 114 Å². The summed E-state index contributed by atoms with van der Waals surface area (Å²) in [6, 6.07) is 15.9. The highest BCUT2D eigenvalue weighted by Crippen LogP contribution is 2.51. The molecule has 0 amide bonds. The van der Waals surface area contributed by atoms with Crippen LogP contribution in [0.25, 0.3) is 11.1 Å². The standard InChI is InChI=1S/C31H33N/c1-7-26-29(8-2)32(20-21-12-11-13-22(18-21)30(26,3)4)23-16-17-28-25(19-23)24-14-9-10-15-27(24)31(28,5)6/h7-17,19,21H,1-2,18,20H2,3-6H3/b29-26-. The smallest absolute Gasteiger partial charge is 0.0446 e. The Balaban J connectivity index is 1.72. The molecule has 0 saturated heterocycles. The van der Waals surface area contributed by atoms with Crippen molar-refractivity contribution in [3.8, 4) is 11.1 Å². The van der Waals surface area contributed by atoms with Crippen LogP contribution in [0.3, 0.4) is 0 Å². The van der Waals surface area contributed by atoms with Gasteiger partial charge in [0.15, 0.2) is 0 Å². The molecule has 2 bridgehead atoms. The van der Waals surface area contributed by atoms with Crippen molar-refractivity contribution >= 4 is 5.69 Å². The minimum absolute atomic E-state index is 0.0257. The maximum absolute atomic E-state index is 4.24. The molecule has 2 aromatic carbocycles. The summed E-state index contributed by atoms with van der Waals surface area (Å²) >= 11 is 0. The molecule has 0 radical (unpaired) electrons. The predicted octanol–water partition coefficient (Wildman–Crippen LogP) is 7.97. The monoisotopic (exact) mass is 419 g/mol. The van der Waals surface area contributed by atoms with Crippen LogP contribution in [-0.4, -0.2) is 6.54 Å². The Morgan fingerprint density at radius 3 is 2.41 bits per heavy atom. The molecule has 1 heteroatoms. The third-order valence-corrected chi connectivity index (χ3v) is 7.90. The van der Waals surface area contributed by atoms with Crippen molar-refractivity contribution in [2.24, 2.45) is 11.3 Å². The number of rotatable bonds is 3. The Labute approximate surface area is 193 Å². The predicted molar refractivity (Wildman–Crippen MR) is 138 cm³/mol. The van der Waals surface area contributed by atoms with Crippen LogP contribution in [0.5, 0.6) is 0 Å². The van der Waals surface area contributed by atoms with Crippen molar-refractivity contribution in [3.63, 3.8) is 0 Å². The lowest BCUT2D eigenvalue weighted by Gasteiger charge is -2.41. The third-order valence-electron chi connectivity index (χ3n) is 7.90. The van der Waals surface area contributed by atoms with Gasteiger partial charge in [-0.3, -0.25) is 0 Å². The van der Waals surface area contributed by atoms with Gasteiger partial charge in [0.05, 0.1) is 0 Å². The van der Waals surface area contributed by atoms with E-state index in [2.05, 4.69) is 106 Å². The lowest BCUT2D eigenvalue weighted by Crippen LogP contribution is -2.35. The second-order valence-corrected chi connectivity index (χ2v) is 10.4. The normalized spacial score (nSPS) is 24.7. The van der Waals surface area contributed by atoms with Crippen LogP contribution >= 0.6 is 0 Å². The average molecular weight is 420 g/mol. The molecule has 2 aliphatic carbocycles. The summed E-state index contributed by atoms with van der Waals surface area (Å²) < 4.78 is 0. The molecular formula is C31H33N. The number of anilines is 1. The van der Waals surface area contributed by atoms with Gasteiger partial charge in [-0.15, -0.1) is 0 Å². The van der Waals surface area contributed by atoms with Gasteiger partial charge in [-0.25, -0.2) is 0 Å². The fourth-order valence-corrected chi connectivity index (χ4v) is 6.01. The fourth-order valence-electron chi connectivity index (χ4n) is 6.01. The summed E-state index contributed by atoms with van der Waals surface area (Å²) in [7, 11) is 0. The van der Waals surface area contributed by atoms with Crippen LogP contribution in [0.15, 0.2) is 103 Å². The molecular weight excluding hydrogens is 386 g/mol. The lowest BCUT2D eigenvalue weighted by atomic mass is 9.70. The van der Waals surface area contributed by atoms with Crippen LogP contribution in [0, 0.1) is 11.3 Å². The van der Waals surface area contributed by atoms with Gasteiger partial charge in [-0.05, 0) is 58.4 Å². The summed E-state index contributed by atoms with van der Waals surface area (Å²) in [4.78, 5) is 2.47. The Bertz CT molecular complexity index is 1210. The molecule has 5 rings (SSSR count). The molecule has 0 aromatic heterocycles. The molecule has 162 valence electrons. The van der Waals surface area contributed by atoms with E-state index in [4.69, 9.17) is 0 Å². The minimum atomic E-state index is -0.0850. The Kier molecular flexibility index (Phi) is 4.71. The molecule has 1 aliphatic heterocycles. The van der Waals surface area contributed by atoms with E-state index < -0.39 is 0 Å². The molecule has 0 saturated carbocycles. The van der Waals surface area contributed by atoms with E-state index in [0.717, 1.165) is 13.0 Å². The maximum atomic E-state index is 4.24. The number of nitrogens with zero attached hydrogens (tertiary/aromatic N) is 1. The zero-order chi connectivity index (χ0) is 22.7. The third kappa shape index (κ3) is 2.91. The summed E-state index contributed by atoms with van der Waals surface area (Å²) in [5.41, 5.74) is 10.6. The average Bonchev–Trinajstić information content (AvgIpc) is 3.02. The first kappa shape index (κ1) is 20.8. The quantitative estimate of drug-likeness (QED) is 0.487. The molecule has 3 aliphatic rings. The van der Waals surface area contributed by atoms with E-state index >= 15 is 0 Å². The fraction of sp³-hybridized carbons (Fsp3) is 0.290. The first-order valence-corrected chi connectivity index (χ1v) is 11.7. The van der Waals surface area contributed by atoms with E-state index in [1.165, 1.54) is 44.8 Å². The summed E-state index contributed by atoms with van der Waals surface area (Å²) in [5, 5.41) is 0. The SMILES string of the molecule is C=C/C1=C(\C=C)C(C)(C)C2=CC=CC(C2)CN1c1ccc2c(c1)-c1ccccc1C2(C)C. The Morgan fingerprint density at radius 1 is 0.906 bits per heavy atom. The van der Waals surface area contributed by atoms with E-state index in [9.17, 15) is 0 Å². The molecule has 1 heterocycles. The molecule has 1 atom stereocenters. The molecule has 1 nitrogen and oxygen atoms in total. The first-order valence-electron chi connectivity index (χ1n) is 11.7. The highest BCUT2D eigenvalue weighted by Gasteiger charge is 2.37. The molecule has 0 spiro atoms. The van der Waals surface area contributed by atoms with Gasteiger partial charge in [-0.2, -0.15) is 0 Å². The number of hydrogen-bond donors (Lipinski definition) is 0. The van der Waals surface area contributed by atoms with Crippen LogP contribution in [0.1, 0.15) is 45.2 Å². The molecule has 32 heavy (non-hydrogen) atoms. The second kappa shape index (κ2) is 7.24. The maximum Gasteiger partial charge on any atom is 0.0446 e.